The van der Waals surface area contributed by atoms with Crippen LogP contribution in [0.15, 0.2) is 64.9 Å². The van der Waals surface area contributed by atoms with Gasteiger partial charge in [0.1, 0.15) is 30.3 Å². The molecule has 15 atom stereocenters. The number of nitrogens with zero attached hydrogens (tertiary/aromatic N) is 2. The van der Waals surface area contributed by atoms with Crippen molar-refractivity contribution in [3.8, 4) is 0 Å². The largest absolute Gasteiger partial charge is 0.469 e. The number of hydrogen-bond acceptors (Lipinski definition) is 15. The summed E-state index contributed by atoms with van der Waals surface area (Å²) in [5, 5.41) is 58.0. The number of amides is 1. The van der Waals surface area contributed by atoms with E-state index in [2.05, 4.69) is 16.9 Å². The normalized spacial score (nSPS) is 27.9. The van der Waals surface area contributed by atoms with Gasteiger partial charge in [-0.3, -0.25) is 9.32 Å². The lowest BCUT2D eigenvalue weighted by Crippen LogP contribution is -2.58. The lowest BCUT2D eigenvalue weighted by molar-refractivity contribution is -0.334. The maximum atomic E-state index is 12.6. The third kappa shape index (κ3) is 16.1. The zero-order valence-corrected chi connectivity index (χ0v) is 42.3. The molecule has 3 rings (SSSR count). The zero-order valence-electron chi connectivity index (χ0n) is 41.4. The Kier molecular flexibility index (Phi) is 22.5. The van der Waals surface area contributed by atoms with E-state index < -0.39 is 97.7 Å². The van der Waals surface area contributed by atoms with Gasteiger partial charge < -0.3 is 68.9 Å². The lowest BCUT2D eigenvalue weighted by atomic mass is 9.72. The number of phosphoric ester groups is 1. The van der Waals surface area contributed by atoms with Crippen LogP contribution in [0, 0.1) is 23.2 Å². The molecule has 2 aliphatic rings. The Morgan fingerprint density at radius 1 is 1.09 bits per heavy atom. The van der Waals surface area contributed by atoms with E-state index in [9.17, 15) is 44.7 Å². The Balaban J connectivity index is 1.73. The summed E-state index contributed by atoms with van der Waals surface area (Å²) in [6.45, 7) is 18.6. The van der Waals surface area contributed by atoms with Gasteiger partial charge in [0, 0.05) is 62.7 Å². The van der Waals surface area contributed by atoms with Crippen LogP contribution in [0.4, 0.5) is 0 Å². The van der Waals surface area contributed by atoms with Crippen molar-refractivity contribution in [3.05, 3.63) is 72.0 Å². The molecule has 0 aromatic carbocycles. The molecule has 19 heteroatoms. The Morgan fingerprint density at radius 3 is 2.36 bits per heavy atom. The average molecular weight is 970 g/mol. The number of phosphoric acid groups is 1. The van der Waals surface area contributed by atoms with Crippen LogP contribution >= 0.6 is 7.82 Å². The van der Waals surface area contributed by atoms with Crippen molar-refractivity contribution in [3.63, 3.8) is 0 Å². The number of carbonyl (C=O) groups excluding carboxylic acids is 1. The summed E-state index contributed by atoms with van der Waals surface area (Å²) >= 11 is 0. The van der Waals surface area contributed by atoms with E-state index in [1.807, 2.05) is 71.1 Å². The Hall–Kier alpha value is -2.91. The quantitative estimate of drug-likeness (QED) is 0.0472. The number of allylic oxidation sites excluding steroid dienone is 6. The summed E-state index contributed by atoms with van der Waals surface area (Å²) in [5.41, 5.74) is 1.10. The zero-order chi connectivity index (χ0) is 50.6. The van der Waals surface area contributed by atoms with E-state index in [0.29, 0.717) is 18.0 Å². The first-order chi connectivity index (χ1) is 31.2. The molecule has 0 aliphatic carbocycles. The van der Waals surface area contributed by atoms with Gasteiger partial charge in [-0.2, -0.15) is 0 Å². The van der Waals surface area contributed by atoms with Crippen molar-refractivity contribution in [2.45, 2.75) is 154 Å². The molecule has 0 bridgehead atoms. The first-order valence-corrected chi connectivity index (χ1v) is 24.5. The molecule has 1 aromatic rings. The molecule has 1 aromatic heterocycles. The molecule has 1 spiro atoms. The molecule has 382 valence electrons. The lowest BCUT2D eigenvalue weighted by Gasteiger charge is -2.50. The second-order valence-corrected chi connectivity index (χ2v) is 20.5. The summed E-state index contributed by atoms with van der Waals surface area (Å²) in [5.74, 6) is -3.51. The van der Waals surface area contributed by atoms with Crippen molar-refractivity contribution in [2.24, 2.45) is 23.2 Å². The van der Waals surface area contributed by atoms with Gasteiger partial charge in [-0.1, -0.05) is 95.7 Å². The van der Waals surface area contributed by atoms with E-state index >= 15 is 0 Å². The van der Waals surface area contributed by atoms with Crippen LogP contribution in [-0.4, -0.2) is 159 Å². The molecule has 1 amide bonds. The number of oxazole rings is 1. The molecule has 3 heterocycles. The molecule has 0 radical (unpaired) electrons. The predicted molar refractivity (Wildman–Crippen MR) is 253 cm³/mol. The summed E-state index contributed by atoms with van der Waals surface area (Å²) in [6, 6.07) is -0.590. The summed E-state index contributed by atoms with van der Waals surface area (Å²) in [6.07, 6.45) is 4.85. The van der Waals surface area contributed by atoms with Gasteiger partial charge in [0.15, 0.2) is 17.8 Å². The number of hydrogen-bond donors (Lipinski definition) is 8. The van der Waals surface area contributed by atoms with Crippen LogP contribution in [-0.2, 0) is 32.8 Å². The first-order valence-electron chi connectivity index (χ1n) is 23.0. The number of aliphatic hydroxyl groups is 5. The van der Waals surface area contributed by atoms with Crippen molar-refractivity contribution in [1.29, 1.82) is 0 Å². The van der Waals surface area contributed by atoms with E-state index in [1.165, 1.54) is 20.5 Å². The molecule has 67 heavy (non-hydrogen) atoms. The Morgan fingerprint density at radius 2 is 1.76 bits per heavy atom. The van der Waals surface area contributed by atoms with Gasteiger partial charge in [0.2, 0.25) is 0 Å². The minimum absolute atomic E-state index is 0.0529. The monoisotopic (exact) mass is 970 g/mol. The number of rotatable bonds is 26. The van der Waals surface area contributed by atoms with Gasteiger partial charge in [-0.05, 0) is 46.9 Å². The fourth-order valence-corrected chi connectivity index (χ4v) is 9.23. The number of aliphatic hydroxyl groups excluding tert-OH is 5. The van der Waals surface area contributed by atoms with Crippen molar-refractivity contribution < 1.29 is 72.6 Å². The molecule has 2 aliphatic heterocycles. The van der Waals surface area contributed by atoms with E-state index in [-0.39, 0.29) is 44.2 Å². The maximum Gasteiger partial charge on any atom is 0.469 e. The van der Waals surface area contributed by atoms with Crippen LogP contribution in [0.3, 0.4) is 0 Å². The molecule has 8 N–H and O–H groups in total. The highest BCUT2D eigenvalue weighted by molar-refractivity contribution is 7.46. The van der Waals surface area contributed by atoms with E-state index in [1.54, 1.807) is 45.8 Å². The minimum atomic E-state index is -5.13. The Labute approximate surface area is 397 Å². The number of aromatic nitrogens is 1. The average Bonchev–Trinajstić information content (AvgIpc) is 3.80. The number of ether oxygens (including phenoxy) is 4. The standard InChI is InChI=1S/C48H80N3O15P/c1-28(2)16-14-17-29(3)20-21-30(4)40(54)33(7)36(52)24-39(62-13)43-44(66-67(58,59)60)47(8,9)48(65-43)25-37(53)32(6)38(64-48)19-15-18-34-26-63-46(50-34)31(5)22-23-49-45(57)42(56)41(55)35(27-61-12)51(10)11/h14-18,20-21,26,30-33,35-44,52-56H,1,19,22-25,27H2,2-13H3,(H,49,57)(H2,58,59,60)/b16-14+,18-15+,21-20+,29-17+/t30-,31+,32+,33+,35+,36+,37-,38+,39+,40-,41+,42+,43-,44+,48-/m1/s1. The number of methoxy groups -OCH3 is 2. The number of nitrogens with one attached hydrogen (secondary N) is 1. The predicted octanol–water partition coefficient (Wildman–Crippen LogP) is 4.41. The van der Waals surface area contributed by atoms with Crippen LogP contribution in [0.1, 0.15) is 98.6 Å². The third-order valence-electron chi connectivity index (χ3n) is 13.3. The highest BCUT2D eigenvalue weighted by Crippen LogP contribution is 2.59. The minimum Gasteiger partial charge on any atom is -0.448 e. The highest BCUT2D eigenvalue weighted by atomic mass is 31.2. The van der Waals surface area contributed by atoms with Crippen molar-refractivity contribution in [1.82, 2.24) is 15.2 Å². The topological polar surface area (TPSA) is 263 Å². The fraction of sp³-hybridized carbons (Fsp3) is 0.708. The van der Waals surface area contributed by atoms with Crippen LogP contribution in [0.25, 0.3) is 6.08 Å². The molecule has 18 nitrogen and oxygen atoms in total. The molecular weight excluding hydrogens is 890 g/mol. The van der Waals surface area contributed by atoms with Gasteiger partial charge in [-0.15, -0.1) is 0 Å². The van der Waals surface area contributed by atoms with Crippen molar-refractivity contribution >= 4 is 19.8 Å². The smallest absolute Gasteiger partial charge is 0.448 e. The first kappa shape index (κ1) is 58.4. The second-order valence-electron chi connectivity index (χ2n) is 19.3. The van der Waals surface area contributed by atoms with Gasteiger partial charge >= 0.3 is 7.82 Å². The van der Waals surface area contributed by atoms with E-state index in [0.717, 1.165) is 11.1 Å². The summed E-state index contributed by atoms with van der Waals surface area (Å²) < 4.78 is 48.1. The SMILES string of the molecule is C=C(C)/C=C/C=C(C)/C=C/[C@@H](C)[C@@H](O)[C@@H](C)[C@@H](O)C[C@H](OC)[C@H]1O[C@]2(C[C@@H](O)[C@H](C)[C@H](C/C=C/c3coc([C@@H](C)CCNC(=O)[C@@H](O)[C@@H](O)[C@H](COC)N(C)C)n3)O2)C(C)(C)[C@H]1OP(=O)(O)O. The van der Waals surface area contributed by atoms with Gasteiger partial charge in [0.05, 0.1) is 43.2 Å². The molecular formula is C48H80N3O15P. The van der Waals surface area contributed by atoms with Crippen LogP contribution in [0.2, 0.25) is 0 Å². The summed E-state index contributed by atoms with van der Waals surface area (Å²) in [4.78, 5) is 39.1. The van der Waals surface area contributed by atoms with Crippen LogP contribution < -0.4 is 5.32 Å². The number of carbonyl (C=O) groups is 1. The molecule has 2 fully saturated rings. The third-order valence-corrected chi connectivity index (χ3v) is 13.8. The fourth-order valence-electron chi connectivity index (χ4n) is 8.55. The highest BCUT2D eigenvalue weighted by Gasteiger charge is 2.68. The van der Waals surface area contributed by atoms with Gasteiger partial charge in [-0.25, -0.2) is 9.55 Å². The second kappa shape index (κ2) is 25.8. The maximum absolute atomic E-state index is 12.6. The van der Waals surface area contributed by atoms with Crippen molar-refractivity contribution in [2.75, 3.05) is 41.5 Å². The number of likely N-dealkylation sites (N-methyl/N-ethyl adjacent to an activating group) is 1. The van der Waals surface area contributed by atoms with Gasteiger partial charge in [0.25, 0.3) is 5.91 Å². The molecule has 2 saturated heterocycles. The molecule has 0 unspecified atom stereocenters. The molecule has 0 saturated carbocycles. The summed E-state index contributed by atoms with van der Waals surface area (Å²) in [7, 11) is 1.15. The van der Waals surface area contributed by atoms with E-state index in [4.69, 9.17) is 27.9 Å². The Bertz CT molecular complexity index is 1900. The van der Waals surface area contributed by atoms with Crippen LogP contribution in [0.5, 0.6) is 0 Å².